The van der Waals surface area contributed by atoms with Crippen LogP contribution in [0.3, 0.4) is 0 Å². The summed E-state index contributed by atoms with van der Waals surface area (Å²) >= 11 is 7.06. The van der Waals surface area contributed by atoms with Crippen molar-refractivity contribution in [3.8, 4) is 0 Å². The molecule has 0 saturated heterocycles. The van der Waals surface area contributed by atoms with Crippen molar-refractivity contribution < 1.29 is 17.6 Å². The third-order valence-corrected chi connectivity index (χ3v) is 4.63. The van der Waals surface area contributed by atoms with E-state index in [9.17, 15) is 18.0 Å². The van der Waals surface area contributed by atoms with Gasteiger partial charge in [0.15, 0.2) is 0 Å². The molecule has 0 amide bonds. The van der Waals surface area contributed by atoms with Gasteiger partial charge in [0.25, 0.3) is 5.22 Å². The van der Waals surface area contributed by atoms with Crippen molar-refractivity contribution >= 4 is 34.3 Å². The number of thioether (sulfide) groups is 1. The van der Waals surface area contributed by atoms with E-state index in [1.54, 1.807) is 13.0 Å². The average molecular weight is 386 g/mol. The number of benzene rings is 2. The predicted molar refractivity (Wildman–Crippen MR) is 91.0 cm³/mol. The highest BCUT2D eigenvalue weighted by Gasteiger charge is 2.29. The van der Waals surface area contributed by atoms with Crippen LogP contribution in [0.1, 0.15) is 16.7 Å². The first kappa shape index (κ1) is 17.8. The Morgan fingerprint density at radius 3 is 2.52 bits per heavy atom. The number of aryl methyl sites for hydroxylation is 1. The van der Waals surface area contributed by atoms with Crippen LogP contribution in [-0.4, -0.2) is 4.98 Å². The molecule has 0 N–H and O–H groups in total. The summed E-state index contributed by atoms with van der Waals surface area (Å²) in [5.41, 5.74) is 0.646. The number of rotatable bonds is 3. The third-order valence-electron chi connectivity index (χ3n) is 3.51. The summed E-state index contributed by atoms with van der Waals surface area (Å²) in [6.45, 7) is 1.78. The molecule has 1 heterocycles. The molecule has 2 aromatic carbocycles. The van der Waals surface area contributed by atoms with E-state index in [0.29, 0.717) is 27.2 Å². The molecule has 1 aromatic heterocycles. The molecule has 0 spiro atoms. The Morgan fingerprint density at radius 2 is 1.88 bits per heavy atom. The van der Waals surface area contributed by atoms with Gasteiger partial charge >= 0.3 is 11.8 Å². The predicted octanol–water partition coefficient (Wildman–Crippen LogP) is 5.46. The summed E-state index contributed by atoms with van der Waals surface area (Å²) in [6.07, 6.45) is -4.36. The minimum absolute atomic E-state index is 0.155. The monoisotopic (exact) mass is 385 g/mol. The SMILES string of the molecule is Cc1cc(Cl)cc2c(=O)oc(SCc3ccc(C(F)(F)F)cc3)nc12. The maximum absolute atomic E-state index is 12.6. The first-order valence-electron chi connectivity index (χ1n) is 7.14. The number of halogens is 4. The molecule has 0 aliphatic rings. The molecule has 0 unspecified atom stereocenters. The normalized spacial score (nSPS) is 11.9. The van der Waals surface area contributed by atoms with E-state index in [0.717, 1.165) is 29.5 Å². The highest BCUT2D eigenvalue weighted by Crippen LogP contribution is 2.30. The molecule has 3 rings (SSSR count). The molecular weight excluding hydrogens is 375 g/mol. The lowest BCUT2D eigenvalue weighted by atomic mass is 10.1. The third kappa shape index (κ3) is 3.99. The van der Waals surface area contributed by atoms with Gasteiger partial charge in [0.1, 0.15) is 0 Å². The van der Waals surface area contributed by atoms with Crippen LogP contribution < -0.4 is 5.63 Å². The van der Waals surface area contributed by atoms with Crippen LogP contribution in [0.15, 0.2) is 50.8 Å². The minimum Gasteiger partial charge on any atom is -0.397 e. The minimum atomic E-state index is -4.36. The van der Waals surface area contributed by atoms with Crippen molar-refractivity contribution in [2.24, 2.45) is 0 Å². The molecule has 25 heavy (non-hydrogen) atoms. The van der Waals surface area contributed by atoms with Crippen LogP contribution in [0.25, 0.3) is 10.9 Å². The fourth-order valence-electron chi connectivity index (χ4n) is 2.28. The van der Waals surface area contributed by atoms with Crippen molar-refractivity contribution in [3.63, 3.8) is 0 Å². The van der Waals surface area contributed by atoms with E-state index in [1.807, 2.05) is 0 Å². The van der Waals surface area contributed by atoms with Gasteiger partial charge in [-0.1, -0.05) is 35.5 Å². The molecule has 3 aromatic rings. The van der Waals surface area contributed by atoms with Crippen molar-refractivity contribution in [2.75, 3.05) is 0 Å². The highest BCUT2D eigenvalue weighted by molar-refractivity contribution is 7.98. The second-order valence-electron chi connectivity index (χ2n) is 5.37. The smallest absolute Gasteiger partial charge is 0.397 e. The van der Waals surface area contributed by atoms with Crippen molar-refractivity contribution in [3.05, 3.63) is 68.5 Å². The van der Waals surface area contributed by atoms with E-state index in [4.69, 9.17) is 16.0 Å². The molecule has 0 bridgehead atoms. The van der Waals surface area contributed by atoms with Gasteiger partial charge in [0, 0.05) is 10.8 Å². The van der Waals surface area contributed by atoms with Crippen molar-refractivity contribution in [1.29, 1.82) is 0 Å². The van der Waals surface area contributed by atoms with E-state index in [1.165, 1.54) is 18.2 Å². The first-order chi connectivity index (χ1) is 11.7. The maximum atomic E-state index is 12.6. The zero-order valence-electron chi connectivity index (χ0n) is 12.9. The second-order valence-corrected chi connectivity index (χ2v) is 6.73. The largest absolute Gasteiger partial charge is 0.416 e. The Morgan fingerprint density at radius 1 is 1.20 bits per heavy atom. The molecule has 0 saturated carbocycles. The summed E-state index contributed by atoms with van der Waals surface area (Å²) in [5.74, 6) is 0.326. The highest BCUT2D eigenvalue weighted by atomic mass is 35.5. The Kier molecular flexibility index (Phi) is 4.79. The van der Waals surface area contributed by atoms with Gasteiger partial charge in [-0.05, 0) is 42.3 Å². The Hall–Kier alpha value is -1.99. The summed E-state index contributed by atoms with van der Waals surface area (Å²) in [6, 6.07) is 8.01. The molecule has 3 nitrogen and oxygen atoms in total. The number of alkyl halides is 3. The molecular formula is C17H11ClF3NO2S. The van der Waals surface area contributed by atoms with Crippen LogP contribution in [0, 0.1) is 6.92 Å². The average Bonchev–Trinajstić information content (AvgIpc) is 2.53. The summed E-state index contributed by atoms with van der Waals surface area (Å²) in [5, 5.41) is 0.871. The van der Waals surface area contributed by atoms with Gasteiger partial charge in [-0.25, -0.2) is 9.78 Å². The van der Waals surface area contributed by atoms with E-state index < -0.39 is 17.4 Å². The molecule has 0 aliphatic heterocycles. The number of hydrogen-bond donors (Lipinski definition) is 0. The topological polar surface area (TPSA) is 43.1 Å². The van der Waals surface area contributed by atoms with Gasteiger partial charge < -0.3 is 4.42 Å². The molecule has 0 radical (unpaired) electrons. The lowest BCUT2D eigenvalue weighted by molar-refractivity contribution is -0.137. The number of fused-ring (bicyclic) bond motifs is 1. The lowest BCUT2D eigenvalue weighted by Crippen LogP contribution is -2.04. The van der Waals surface area contributed by atoms with Gasteiger partial charge in [-0.15, -0.1) is 0 Å². The number of nitrogens with zero attached hydrogens (tertiary/aromatic N) is 1. The van der Waals surface area contributed by atoms with Crippen LogP contribution in [0.5, 0.6) is 0 Å². The fourth-order valence-corrected chi connectivity index (χ4v) is 3.33. The zero-order valence-corrected chi connectivity index (χ0v) is 14.4. The van der Waals surface area contributed by atoms with E-state index in [-0.39, 0.29) is 5.22 Å². The number of hydrogen-bond acceptors (Lipinski definition) is 4. The zero-order chi connectivity index (χ0) is 18.2. The van der Waals surface area contributed by atoms with Crippen molar-refractivity contribution in [1.82, 2.24) is 4.98 Å². The molecule has 0 fully saturated rings. The number of aromatic nitrogens is 1. The fraction of sp³-hybridized carbons (Fsp3) is 0.176. The van der Waals surface area contributed by atoms with Crippen LogP contribution >= 0.6 is 23.4 Å². The van der Waals surface area contributed by atoms with Gasteiger partial charge in [-0.2, -0.15) is 13.2 Å². The van der Waals surface area contributed by atoms with Gasteiger partial charge in [0.2, 0.25) is 0 Å². The van der Waals surface area contributed by atoms with E-state index >= 15 is 0 Å². The first-order valence-corrected chi connectivity index (χ1v) is 8.50. The molecule has 130 valence electrons. The molecule has 0 atom stereocenters. The second kappa shape index (κ2) is 6.72. The summed E-state index contributed by atoms with van der Waals surface area (Å²) in [7, 11) is 0. The molecule has 8 heteroatoms. The Balaban J connectivity index is 1.83. The quantitative estimate of drug-likeness (QED) is 0.561. The Bertz CT molecular complexity index is 984. The standard InChI is InChI=1S/C17H11ClF3NO2S/c1-9-6-12(18)7-13-14(9)22-16(24-15(13)23)25-8-10-2-4-11(5-3-10)17(19,20)21/h2-7H,8H2,1H3. The van der Waals surface area contributed by atoms with Gasteiger partial charge in [0.05, 0.1) is 16.5 Å². The maximum Gasteiger partial charge on any atom is 0.416 e. The van der Waals surface area contributed by atoms with Gasteiger partial charge in [-0.3, -0.25) is 0 Å². The van der Waals surface area contributed by atoms with E-state index in [2.05, 4.69) is 4.98 Å². The summed E-state index contributed by atoms with van der Waals surface area (Å²) in [4.78, 5) is 16.4. The summed E-state index contributed by atoms with van der Waals surface area (Å²) < 4.78 is 42.8. The van der Waals surface area contributed by atoms with Crippen LogP contribution in [0.4, 0.5) is 13.2 Å². The van der Waals surface area contributed by atoms with Crippen LogP contribution in [-0.2, 0) is 11.9 Å². The van der Waals surface area contributed by atoms with Crippen molar-refractivity contribution in [2.45, 2.75) is 24.1 Å². The lowest BCUT2D eigenvalue weighted by Gasteiger charge is -2.07. The van der Waals surface area contributed by atoms with Crippen LogP contribution in [0.2, 0.25) is 5.02 Å². The molecule has 0 aliphatic carbocycles. The Labute approximate surface area is 149 Å².